The first-order valence-electron chi connectivity index (χ1n) is 6.82. The van der Waals surface area contributed by atoms with Gasteiger partial charge in [-0.25, -0.2) is 0 Å². The van der Waals surface area contributed by atoms with Crippen LogP contribution in [0.5, 0.6) is 17.2 Å². The first-order valence-corrected chi connectivity index (χ1v) is 6.82. The molecule has 23 heavy (non-hydrogen) atoms. The third-order valence-electron chi connectivity index (χ3n) is 3.59. The van der Waals surface area contributed by atoms with Crippen LogP contribution in [0.4, 0.5) is 0 Å². The molecule has 0 atom stereocenters. The van der Waals surface area contributed by atoms with Gasteiger partial charge in [-0.1, -0.05) is 0 Å². The number of phenolic OH excluding ortho intramolecular Hbond substituents is 1. The number of aromatic hydroxyl groups is 2. The molecule has 3 aromatic rings. The van der Waals surface area contributed by atoms with Crippen LogP contribution in [0.15, 0.2) is 45.6 Å². The van der Waals surface area contributed by atoms with Crippen molar-refractivity contribution >= 4 is 11.0 Å². The van der Waals surface area contributed by atoms with E-state index in [-0.39, 0.29) is 16.5 Å². The fourth-order valence-electron chi connectivity index (χ4n) is 2.36. The first-order chi connectivity index (χ1) is 11.0. The van der Waals surface area contributed by atoms with Crippen molar-refractivity contribution in [2.24, 2.45) is 0 Å². The maximum Gasteiger partial charge on any atom is 0.197 e. The van der Waals surface area contributed by atoms with E-state index in [0.717, 1.165) is 0 Å². The topological polar surface area (TPSA) is 100 Å². The minimum Gasteiger partial charge on any atom is -0.504 e. The molecule has 6 nitrogen and oxygen atoms in total. The highest BCUT2D eigenvalue weighted by molar-refractivity contribution is 5.88. The highest BCUT2D eigenvalue weighted by atomic mass is 16.5. The van der Waals surface area contributed by atoms with Crippen molar-refractivity contribution < 1.29 is 24.5 Å². The van der Waals surface area contributed by atoms with Gasteiger partial charge < -0.3 is 24.5 Å². The van der Waals surface area contributed by atoms with Crippen LogP contribution in [0.3, 0.4) is 0 Å². The van der Waals surface area contributed by atoms with Crippen LogP contribution < -0.4 is 10.2 Å². The fraction of sp³-hybridized carbons (Fsp3) is 0.118. The Morgan fingerprint density at radius 1 is 1.09 bits per heavy atom. The minimum absolute atomic E-state index is 0.0741. The molecular formula is C17H14O6. The largest absolute Gasteiger partial charge is 0.504 e. The lowest BCUT2D eigenvalue weighted by Crippen LogP contribution is -2.02. The SMILES string of the molecule is COc1ccc(-c2cc(=O)c3c(O)c(O)c(CO)cc3o2)cc1. The number of benzene rings is 2. The van der Waals surface area contributed by atoms with Gasteiger partial charge in [0.1, 0.15) is 22.5 Å². The Kier molecular flexibility index (Phi) is 3.67. The molecule has 2 aromatic carbocycles. The summed E-state index contributed by atoms with van der Waals surface area (Å²) in [6, 6.07) is 9.49. The molecule has 0 aliphatic heterocycles. The van der Waals surface area contributed by atoms with Crippen molar-refractivity contribution in [1.29, 1.82) is 0 Å². The molecule has 0 aliphatic rings. The number of hydrogen-bond acceptors (Lipinski definition) is 6. The molecule has 0 unspecified atom stereocenters. The lowest BCUT2D eigenvalue weighted by Gasteiger charge is -2.09. The number of rotatable bonds is 3. The molecule has 0 radical (unpaired) electrons. The molecule has 3 N–H and O–H groups in total. The highest BCUT2D eigenvalue weighted by Gasteiger charge is 2.17. The molecule has 0 saturated heterocycles. The maximum absolute atomic E-state index is 12.3. The molecule has 0 aliphatic carbocycles. The second-order valence-electron chi connectivity index (χ2n) is 4.97. The second kappa shape index (κ2) is 5.66. The van der Waals surface area contributed by atoms with Crippen molar-refractivity contribution in [3.8, 4) is 28.6 Å². The highest BCUT2D eigenvalue weighted by Crippen LogP contribution is 2.36. The molecule has 0 amide bonds. The Balaban J connectivity index is 2.24. The molecule has 0 fully saturated rings. The third kappa shape index (κ3) is 2.49. The van der Waals surface area contributed by atoms with E-state index in [2.05, 4.69) is 0 Å². The summed E-state index contributed by atoms with van der Waals surface area (Å²) in [5.41, 5.74) is 0.324. The second-order valence-corrected chi connectivity index (χ2v) is 4.97. The van der Waals surface area contributed by atoms with Gasteiger partial charge in [-0.05, 0) is 30.3 Å². The molecule has 118 valence electrons. The van der Waals surface area contributed by atoms with Crippen LogP contribution >= 0.6 is 0 Å². The van der Waals surface area contributed by atoms with Gasteiger partial charge in [0, 0.05) is 17.2 Å². The lowest BCUT2D eigenvalue weighted by atomic mass is 10.1. The van der Waals surface area contributed by atoms with Crippen LogP contribution in [0.1, 0.15) is 5.56 Å². The van der Waals surface area contributed by atoms with E-state index in [4.69, 9.17) is 9.15 Å². The zero-order valence-corrected chi connectivity index (χ0v) is 12.2. The predicted molar refractivity (Wildman–Crippen MR) is 83.7 cm³/mol. The van der Waals surface area contributed by atoms with Gasteiger partial charge >= 0.3 is 0 Å². The van der Waals surface area contributed by atoms with Gasteiger partial charge in [-0.15, -0.1) is 0 Å². The van der Waals surface area contributed by atoms with Gasteiger partial charge in [0.25, 0.3) is 0 Å². The van der Waals surface area contributed by atoms with Gasteiger partial charge in [0.15, 0.2) is 16.9 Å². The first kappa shape index (κ1) is 14.9. The molecule has 6 heteroatoms. The van der Waals surface area contributed by atoms with Crippen molar-refractivity contribution in [2.75, 3.05) is 7.11 Å². The third-order valence-corrected chi connectivity index (χ3v) is 3.59. The van der Waals surface area contributed by atoms with Crippen molar-refractivity contribution in [3.63, 3.8) is 0 Å². The number of phenols is 2. The number of ether oxygens (including phenoxy) is 1. The summed E-state index contributed by atoms with van der Waals surface area (Å²) in [5.74, 6) is -0.146. The Bertz CT molecular complexity index is 924. The predicted octanol–water partition coefficient (Wildman–Crippen LogP) is 2.37. The Hall–Kier alpha value is -2.99. The van der Waals surface area contributed by atoms with E-state index in [1.54, 1.807) is 31.4 Å². The van der Waals surface area contributed by atoms with Crippen LogP contribution in [0.2, 0.25) is 0 Å². The summed E-state index contributed by atoms with van der Waals surface area (Å²) in [5, 5.41) is 28.8. The Morgan fingerprint density at radius 3 is 2.39 bits per heavy atom. The molecule has 0 spiro atoms. The van der Waals surface area contributed by atoms with Gasteiger partial charge in [-0.3, -0.25) is 4.79 Å². The number of aliphatic hydroxyl groups excluding tert-OH is 1. The van der Waals surface area contributed by atoms with E-state index in [9.17, 15) is 20.1 Å². The lowest BCUT2D eigenvalue weighted by molar-refractivity contribution is 0.273. The summed E-state index contributed by atoms with van der Waals surface area (Å²) in [6.45, 7) is -0.494. The summed E-state index contributed by atoms with van der Waals surface area (Å²) in [6.07, 6.45) is 0. The molecule has 1 heterocycles. The van der Waals surface area contributed by atoms with Gasteiger partial charge in [0.05, 0.1) is 13.7 Å². The molecular weight excluding hydrogens is 300 g/mol. The summed E-state index contributed by atoms with van der Waals surface area (Å²) < 4.78 is 10.7. The van der Waals surface area contributed by atoms with E-state index < -0.39 is 23.5 Å². The summed E-state index contributed by atoms with van der Waals surface area (Å²) in [7, 11) is 1.55. The molecule has 3 rings (SSSR count). The smallest absolute Gasteiger partial charge is 0.197 e. The van der Waals surface area contributed by atoms with Crippen molar-refractivity contribution in [2.45, 2.75) is 6.61 Å². The Morgan fingerprint density at radius 2 is 1.78 bits per heavy atom. The average molecular weight is 314 g/mol. The normalized spacial score (nSPS) is 10.9. The zero-order valence-electron chi connectivity index (χ0n) is 12.2. The monoisotopic (exact) mass is 314 g/mol. The number of hydrogen-bond donors (Lipinski definition) is 3. The number of aliphatic hydroxyl groups is 1. The fourth-order valence-corrected chi connectivity index (χ4v) is 2.36. The van der Waals surface area contributed by atoms with Gasteiger partial charge in [-0.2, -0.15) is 0 Å². The van der Waals surface area contributed by atoms with Crippen LogP contribution in [0.25, 0.3) is 22.3 Å². The number of fused-ring (bicyclic) bond motifs is 1. The van der Waals surface area contributed by atoms with E-state index in [0.29, 0.717) is 17.1 Å². The Labute approximate surface area is 130 Å². The van der Waals surface area contributed by atoms with Crippen LogP contribution in [-0.4, -0.2) is 22.4 Å². The standard InChI is InChI=1S/C17H14O6/c1-22-11-4-2-9(3-5-11)13-7-12(19)15-14(23-13)6-10(8-18)16(20)17(15)21/h2-7,18,20-21H,8H2,1H3. The van der Waals surface area contributed by atoms with Crippen molar-refractivity contribution in [1.82, 2.24) is 0 Å². The van der Waals surface area contributed by atoms with Gasteiger partial charge in [0.2, 0.25) is 0 Å². The molecule has 1 aromatic heterocycles. The van der Waals surface area contributed by atoms with Crippen LogP contribution in [-0.2, 0) is 6.61 Å². The van der Waals surface area contributed by atoms with E-state index in [1.165, 1.54) is 12.1 Å². The zero-order chi connectivity index (χ0) is 16.6. The number of methoxy groups -OCH3 is 1. The van der Waals surface area contributed by atoms with Crippen LogP contribution in [0, 0.1) is 0 Å². The summed E-state index contributed by atoms with van der Waals surface area (Å²) in [4.78, 5) is 12.3. The van der Waals surface area contributed by atoms with E-state index >= 15 is 0 Å². The maximum atomic E-state index is 12.3. The van der Waals surface area contributed by atoms with E-state index in [1.807, 2.05) is 0 Å². The quantitative estimate of drug-likeness (QED) is 0.642. The van der Waals surface area contributed by atoms with Crippen molar-refractivity contribution in [3.05, 3.63) is 52.2 Å². The molecule has 0 saturated carbocycles. The minimum atomic E-state index is -0.596. The molecule has 0 bridgehead atoms. The average Bonchev–Trinajstić information content (AvgIpc) is 2.57. The summed E-state index contributed by atoms with van der Waals surface area (Å²) >= 11 is 0.